The number of rotatable bonds is 12. The van der Waals surface area contributed by atoms with E-state index < -0.39 is 11.6 Å². The zero-order chi connectivity index (χ0) is 28.7. The fourth-order valence-corrected chi connectivity index (χ4v) is 5.50. The minimum atomic E-state index is -0.497. The smallest absolute Gasteiger partial charge is 0.413 e. The summed E-state index contributed by atoms with van der Waals surface area (Å²) in [6.45, 7) is 7.74. The van der Waals surface area contributed by atoms with E-state index in [1.54, 1.807) is 7.11 Å². The van der Waals surface area contributed by atoms with Gasteiger partial charge in [-0.25, -0.2) is 4.79 Å². The number of methoxy groups -OCH3 is 1. The zero-order valence-electron chi connectivity index (χ0n) is 24.1. The number of benzene rings is 3. The zero-order valence-corrected chi connectivity index (χ0v) is 24.1. The molecule has 1 amide bonds. The first kappa shape index (κ1) is 28.9. The van der Waals surface area contributed by atoms with E-state index in [2.05, 4.69) is 22.8 Å². The van der Waals surface area contributed by atoms with Gasteiger partial charge in [0.05, 0.1) is 45.2 Å². The molecule has 2 heterocycles. The third-order valence-electron chi connectivity index (χ3n) is 7.72. The predicted octanol–water partition coefficient (Wildman–Crippen LogP) is 5.68. The second-order valence-corrected chi connectivity index (χ2v) is 11.0. The average Bonchev–Trinajstić information content (AvgIpc) is 2.98. The number of para-hydroxylation sites is 2. The van der Waals surface area contributed by atoms with Gasteiger partial charge in [0.2, 0.25) is 0 Å². The highest BCUT2D eigenvalue weighted by Crippen LogP contribution is 2.37. The topological polar surface area (TPSA) is 87.3 Å². The van der Waals surface area contributed by atoms with Crippen LogP contribution in [-0.2, 0) is 28.2 Å². The van der Waals surface area contributed by atoms with Crippen LogP contribution in [0.1, 0.15) is 54.9 Å². The number of amides is 1. The lowest BCUT2D eigenvalue weighted by Crippen LogP contribution is -2.47. The normalized spacial score (nSPS) is 19.5. The monoisotopic (exact) mass is 560 g/mol. The number of hydrogen-bond acceptors (Lipinski definition) is 7. The highest BCUT2D eigenvalue weighted by Gasteiger charge is 2.34. The maximum absolute atomic E-state index is 12.1. The fourth-order valence-electron chi connectivity index (χ4n) is 5.50. The van der Waals surface area contributed by atoms with Gasteiger partial charge in [0, 0.05) is 35.6 Å². The molecular weight excluding hydrogens is 520 g/mol. The second-order valence-electron chi connectivity index (χ2n) is 11.0. The number of carbonyl (C=O) groups is 1. The molecule has 8 heteroatoms. The molecule has 1 fully saturated rings. The second kappa shape index (κ2) is 13.4. The highest BCUT2D eigenvalue weighted by molar-refractivity contribution is 5.75. The Labute approximate surface area is 242 Å². The van der Waals surface area contributed by atoms with Crippen molar-refractivity contribution in [2.45, 2.75) is 57.5 Å². The summed E-state index contributed by atoms with van der Waals surface area (Å²) in [6, 6.07) is 22.2. The van der Waals surface area contributed by atoms with E-state index in [-0.39, 0.29) is 12.0 Å². The van der Waals surface area contributed by atoms with E-state index in [9.17, 15) is 4.79 Å². The molecule has 2 unspecified atom stereocenters. The van der Waals surface area contributed by atoms with Crippen molar-refractivity contribution in [2.24, 2.45) is 0 Å². The molecule has 5 rings (SSSR count). The van der Waals surface area contributed by atoms with Crippen molar-refractivity contribution in [2.75, 3.05) is 33.4 Å². The third-order valence-corrected chi connectivity index (χ3v) is 7.72. The molecule has 0 aromatic heterocycles. The Hall–Kier alpha value is -3.59. The summed E-state index contributed by atoms with van der Waals surface area (Å²) in [5, 5.41) is 6.34. The van der Waals surface area contributed by atoms with Gasteiger partial charge in [-0.05, 0) is 50.6 Å². The quantitative estimate of drug-likeness (QED) is 0.276. The SMILES string of the molecule is COc1ccccc1COCCCOc1ccc(C2CCNCC2OCc2cccc3c2OC(=O)NC3(C)C)cc1. The number of nitrogens with one attached hydrogen (secondary N) is 2. The van der Waals surface area contributed by atoms with Gasteiger partial charge in [-0.2, -0.15) is 0 Å². The molecule has 41 heavy (non-hydrogen) atoms. The fraction of sp³-hybridized carbons (Fsp3) is 0.424. The molecule has 2 aliphatic rings. The van der Waals surface area contributed by atoms with Gasteiger partial charge >= 0.3 is 6.09 Å². The van der Waals surface area contributed by atoms with Gasteiger partial charge in [-0.3, -0.25) is 0 Å². The molecule has 1 saturated heterocycles. The van der Waals surface area contributed by atoms with Crippen molar-refractivity contribution >= 4 is 6.09 Å². The molecule has 2 aliphatic heterocycles. The van der Waals surface area contributed by atoms with Gasteiger partial charge < -0.3 is 34.3 Å². The van der Waals surface area contributed by atoms with Crippen LogP contribution in [0.25, 0.3) is 0 Å². The summed E-state index contributed by atoms with van der Waals surface area (Å²) < 4.78 is 29.2. The summed E-state index contributed by atoms with van der Waals surface area (Å²) in [5.41, 5.74) is 3.61. The number of hydrogen-bond donors (Lipinski definition) is 2. The molecule has 0 saturated carbocycles. The van der Waals surface area contributed by atoms with E-state index in [1.807, 2.05) is 68.4 Å². The first-order valence-electron chi connectivity index (χ1n) is 14.3. The van der Waals surface area contributed by atoms with Crippen molar-refractivity contribution in [3.05, 3.63) is 89.0 Å². The minimum absolute atomic E-state index is 0.00260. The lowest BCUT2D eigenvalue weighted by atomic mass is 9.87. The summed E-state index contributed by atoms with van der Waals surface area (Å²) in [5.74, 6) is 2.55. The van der Waals surface area contributed by atoms with Crippen LogP contribution in [0.2, 0.25) is 0 Å². The first-order valence-corrected chi connectivity index (χ1v) is 14.3. The van der Waals surface area contributed by atoms with Gasteiger partial charge in [-0.1, -0.05) is 48.5 Å². The van der Waals surface area contributed by atoms with Crippen molar-refractivity contribution in [3.63, 3.8) is 0 Å². The van der Waals surface area contributed by atoms with E-state index in [1.165, 1.54) is 5.56 Å². The van der Waals surface area contributed by atoms with Crippen LogP contribution in [-0.4, -0.2) is 45.6 Å². The van der Waals surface area contributed by atoms with Crippen LogP contribution in [0.4, 0.5) is 4.79 Å². The largest absolute Gasteiger partial charge is 0.496 e. The van der Waals surface area contributed by atoms with E-state index in [0.717, 1.165) is 54.1 Å². The van der Waals surface area contributed by atoms with Gasteiger partial charge in [0.15, 0.2) is 0 Å². The maximum Gasteiger partial charge on any atom is 0.413 e. The molecule has 0 spiro atoms. The Morgan fingerprint density at radius 1 is 0.951 bits per heavy atom. The van der Waals surface area contributed by atoms with Crippen molar-refractivity contribution in [3.8, 4) is 17.2 Å². The van der Waals surface area contributed by atoms with Crippen LogP contribution in [0, 0.1) is 0 Å². The van der Waals surface area contributed by atoms with Crippen LogP contribution < -0.4 is 24.8 Å². The molecule has 0 aliphatic carbocycles. The Bertz CT molecular complexity index is 1310. The van der Waals surface area contributed by atoms with Crippen molar-refractivity contribution in [1.82, 2.24) is 10.6 Å². The standard InChI is InChI=1S/C33H40N2O6/c1-33(2)28-10-6-9-25(31(28)41-32(36)35-33)22-40-30-20-34-17-16-27(30)23-12-14-26(15-13-23)39-19-7-18-38-21-24-8-4-5-11-29(24)37-3/h4-6,8-15,27,30,34H,7,16-22H2,1-3H3,(H,35,36). The Morgan fingerprint density at radius 2 is 1.76 bits per heavy atom. The Kier molecular flexibility index (Phi) is 9.44. The molecule has 8 nitrogen and oxygen atoms in total. The molecule has 2 atom stereocenters. The summed E-state index contributed by atoms with van der Waals surface area (Å²) >= 11 is 0. The lowest BCUT2D eigenvalue weighted by Gasteiger charge is -2.35. The van der Waals surface area contributed by atoms with Crippen molar-refractivity contribution in [1.29, 1.82) is 0 Å². The molecular formula is C33H40N2O6. The molecule has 0 bridgehead atoms. The maximum atomic E-state index is 12.1. The average molecular weight is 561 g/mol. The number of carbonyl (C=O) groups excluding carboxylic acids is 1. The molecule has 2 N–H and O–H groups in total. The lowest BCUT2D eigenvalue weighted by molar-refractivity contribution is 0.00968. The molecule has 3 aromatic rings. The number of piperidine rings is 1. The van der Waals surface area contributed by atoms with Gasteiger partial charge in [0.25, 0.3) is 0 Å². The molecule has 218 valence electrons. The van der Waals surface area contributed by atoms with Crippen molar-refractivity contribution < 1.29 is 28.5 Å². The van der Waals surface area contributed by atoms with Gasteiger partial charge in [-0.15, -0.1) is 0 Å². The predicted molar refractivity (Wildman–Crippen MR) is 157 cm³/mol. The first-order chi connectivity index (χ1) is 19.9. The van der Waals surface area contributed by atoms with E-state index >= 15 is 0 Å². The molecule has 0 radical (unpaired) electrons. The summed E-state index contributed by atoms with van der Waals surface area (Å²) in [6.07, 6.45) is 1.34. The van der Waals surface area contributed by atoms with Crippen LogP contribution in [0.5, 0.6) is 17.2 Å². The van der Waals surface area contributed by atoms with Crippen LogP contribution in [0.3, 0.4) is 0 Å². The Morgan fingerprint density at radius 3 is 2.59 bits per heavy atom. The number of fused-ring (bicyclic) bond motifs is 1. The summed E-state index contributed by atoms with van der Waals surface area (Å²) in [4.78, 5) is 12.1. The van der Waals surface area contributed by atoms with E-state index in [4.69, 9.17) is 23.7 Å². The number of ether oxygens (including phenoxy) is 5. The Balaban J connectivity index is 1.11. The minimum Gasteiger partial charge on any atom is -0.496 e. The third kappa shape index (κ3) is 7.19. The van der Waals surface area contributed by atoms with Crippen LogP contribution in [0.15, 0.2) is 66.7 Å². The highest BCUT2D eigenvalue weighted by atomic mass is 16.6. The van der Waals surface area contributed by atoms with E-state index in [0.29, 0.717) is 32.2 Å². The molecule has 3 aromatic carbocycles. The van der Waals surface area contributed by atoms with Gasteiger partial charge in [0.1, 0.15) is 17.2 Å². The van der Waals surface area contributed by atoms with Crippen LogP contribution >= 0.6 is 0 Å². The summed E-state index contributed by atoms with van der Waals surface area (Å²) in [7, 11) is 1.67.